The molecule has 2 rings (SSSR count). The van der Waals surface area contributed by atoms with Crippen LogP contribution in [-0.2, 0) is 16.6 Å². The Balaban J connectivity index is 2.45. The average Bonchev–Trinajstić information content (AvgIpc) is 2.43. The van der Waals surface area contributed by atoms with Gasteiger partial charge in [0.25, 0.3) is 10.0 Å². The van der Waals surface area contributed by atoms with E-state index in [9.17, 15) is 8.42 Å². The summed E-state index contributed by atoms with van der Waals surface area (Å²) in [5, 5.41) is 10.6. The maximum absolute atomic E-state index is 12.4. The van der Waals surface area contributed by atoms with Gasteiger partial charge in [0.2, 0.25) is 0 Å². The molecule has 0 saturated heterocycles. The molecule has 1 heterocycles. The van der Waals surface area contributed by atoms with Gasteiger partial charge in [-0.1, -0.05) is 23.2 Å². The zero-order valence-corrected chi connectivity index (χ0v) is 13.3. The molecule has 0 spiro atoms. The van der Waals surface area contributed by atoms with E-state index in [1.807, 2.05) is 0 Å². The molecule has 2 N–H and O–H groups in total. The fourth-order valence-corrected chi connectivity index (χ4v) is 3.61. The quantitative estimate of drug-likeness (QED) is 0.867. The Morgan fingerprint density at radius 2 is 2.05 bits per heavy atom. The summed E-state index contributed by atoms with van der Waals surface area (Å²) in [6.45, 7) is 0.396. The highest BCUT2D eigenvalue weighted by Crippen LogP contribution is 2.30. The predicted molar refractivity (Wildman–Crippen MR) is 82.1 cm³/mol. The molecular weight excluding hydrogens is 335 g/mol. The zero-order valence-electron chi connectivity index (χ0n) is 11.0. The molecular formula is C12H12Cl2N4O2S. The molecule has 0 unspecified atom stereocenters. The van der Waals surface area contributed by atoms with E-state index in [1.54, 1.807) is 19.2 Å². The van der Waals surface area contributed by atoms with Crippen LogP contribution < -0.4 is 10.0 Å². The van der Waals surface area contributed by atoms with Crippen LogP contribution in [0.5, 0.6) is 0 Å². The van der Waals surface area contributed by atoms with Gasteiger partial charge in [-0.15, -0.1) is 5.10 Å². The number of sulfonamides is 1. The summed E-state index contributed by atoms with van der Waals surface area (Å²) in [6, 6.07) is 5.96. The summed E-state index contributed by atoms with van der Waals surface area (Å²) in [7, 11) is -2.18. The first-order chi connectivity index (χ1) is 9.94. The third kappa shape index (κ3) is 3.82. The molecule has 1 aromatic carbocycles. The summed E-state index contributed by atoms with van der Waals surface area (Å²) in [6.07, 6.45) is 1.44. The molecule has 0 atom stereocenters. The number of aromatic nitrogens is 2. The van der Waals surface area contributed by atoms with Crippen LogP contribution in [0.15, 0.2) is 35.4 Å². The summed E-state index contributed by atoms with van der Waals surface area (Å²) < 4.78 is 27.1. The van der Waals surface area contributed by atoms with Gasteiger partial charge in [0.15, 0.2) is 5.82 Å². The molecule has 0 aliphatic rings. The molecule has 0 radical (unpaired) electrons. The van der Waals surface area contributed by atoms with Crippen molar-refractivity contribution in [3.63, 3.8) is 0 Å². The maximum atomic E-state index is 12.4. The number of nitrogens with one attached hydrogen (secondary N) is 2. The van der Waals surface area contributed by atoms with Gasteiger partial charge in [-0.05, 0) is 36.9 Å². The fourth-order valence-electron chi connectivity index (χ4n) is 1.68. The molecule has 6 nitrogen and oxygen atoms in total. The van der Waals surface area contributed by atoms with E-state index in [1.165, 1.54) is 18.3 Å². The van der Waals surface area contributed by atoms with E-state index in [2.05, 4.69) is 20.2 Å². The van der Waals surface area contributed by atoms with Gasteiger partial charge in [-0.25, -0.2) is 8.42 Å². The van der Waals surface area contributed by atoms with E-state index in [4.69, 9.17) is 23.2 Å². The van der Waals surface area contributed by atoms with Crippen LogP contribution in [0.25, 0.3) is 0 Å². The lowest BCUT2D eigenvalue weighted by atomic mass is 10.2. The molecule has 0 amide bonds. The number of rotatable bonds is 5. The van der Waals surface area contributed by atoms with Gasteiger partial charge in [0, 0.05) is 17.8 Å². The highest BCUT2D eigenvalue weighted by Gasteiger charge is 2.21. The highest BCUT2D eigenvalue weighted by atomic mass is 35.5. The molecule has 0 bridgehead atoms. The monoisotopic (exact) mass is 346 g/mol. The number of anilines is 1. The lowest BCUT2D eigenvalue weighted by Gasteiger charge is -2.12. The molecule has 0 fully saturated rings. The maximum Gasteiger partial charge on any atom is 0.264 e. The Morgan fingerprint density at radius 1 is 1.29 bits per heavy atom. The molecule has 0 saturated carbocycles. The van der Waals surface area contributed by atoms with Crippen molar-refractivity contribution in [1.82, 2.24) is 15.5 Å². The van der Waals surface area contributed by atoms with Gasteiger partial charge < -0.3 is 5.32 Å². The molecule has 21 heavy (non-hydrogen) atoms. The lowest BCUT2D eigenvalue weighted by Crippen LogP contribution is -2.16. The van der Waals surface area contributed by atoms with Crippen LogP contribution >= 0.6 is 23.2 Å². The van der Waals surface area contributed by atoms with Gasteiger partial charge in [-0.2, -0.15) is 5.10 Å². The first-order valence-electron chi connectivity index (χ1n) is 5.87. The van der Waals surface area contributed by atoms with Gasteiger partial charge in [0.05, 0.1) is 5.02 Å². The van der Waals surface area contributed by atoms with E-state index >= 15 is 0 Å². The van der Waals surface area contributed by atoms with Crippen molar-refractivity contribution < 1.29 is 8.42 Å². The number of halogens is 2. The summed E-state index contributed by atoms with van der Waals surface area (Å²) in [5.41, 5.74) is 0.589. The Morgan fingerprint density at radius 3 is 2.67 bits per heavy atom. The minimum Gasteiger partial charge on any atom is -0.316 e. The predicted octanol–water partition coefficient (Wildman–Crippen LogP) is 2.30. The standard InChI is InChI=1S/C12H12Cl2N4O2S/c1-15-7-8-5-9(13)6-10(12(8)14)21(19,20)18-11-3-2-4-16-17-11/h2-6,15H,7H2,1H3,(H,17,18). The first-order valence-corrected chi connectivity index (χ1v) is 8.11. The summed E-state index contributed by atoms with van der Waals surface area (Å²) in [5.74, 6) is 0.101. The normalized spacial score (nSPS) is 11.4. The van der Waals surface area contributed by atoms with Crippen LogP contribution in [0.4, 0.5) is 5.82 Å². The zero-order chi connectivity index (χ0) is 15.5. The third-order valence-corrected chi connectivity index (χ3v) is 4.70. The number of hydrogen-bond acceptors (Lipinski definition) is 5. The van der Waals surface area contributed by atoms with Crippen molar-refractivity contribution in [2.75, 3.05) is 11.8 Å². The Labute approximate surface area is 132 Å². The smallest absolute Gasteiger partial charge is 0.264 e. The van der Waals surface area contributed by atoms with Crippen LogP contribution in [-0.4, -0.2) is 25.7 Å². The van der Waals surface area contributed by atoms with Gasteiger partial charge >= 0.3 is 0 Å². The van der Waals surface area contributed by atoms with Crippen molar-refractivity contribution in [3.8, 4) is 0 Å². The molecule has 1 aromatic heterocycles. The van der Waals surface area contributed by atoms with E-state index in [0.29, 0.717) is 12.1 Å². The van der Waals surface area contributed by atoms with E-state index in [0.717, 1.165) is 0 Å². The SMILES string of the molecule is CNCc1cc(Cl)cc(S(=O)(=O)Nc2cccnn2)c1Cl. The topological polar surface area (TPSA) is 84.0 Å². The molecule has 2 aromatic rings. The van der Waals surface area contributed by atoms with Gasteiger partial charge in [0.1, 0.15) is 4.90 Å². The largest absolute Gasteiger partial charge is 0.316 e. The number of nitrogens with zero attached hydrogens (tertiary/aromatic N) is 2. The average molecular weight is 347 g/mol. The number of hydrogen-bond donors (Lipinski definition) is 2. The summed E-state index contributed by atoms with van der Waals surface area (Å²) >= 11 is 12.1. The van der Waals surface area contributed by atoms with Gasteiger partial charge in [-0.3, -0.25) is 4.72 Å². The highest BCUT2D eigenvalue weighted by molar-refractivity contribution is 7.92. The van der Waals surface area contributed by atoms with Crippen molar-refractivity contribution in [1.29, 1.82) is 0 Å². The van der Waals surface area contributed by atoms with Crippen LogP contribution in [0.2, 0.25) is 10.0 Å². The molecule has 112 valence electrons. The van der Waals surface area contributed by atoms with E-state index < -0.39 is 10.0 Å². The van der Waals surface area contributed by atoms with Crippen molar-refractivity contribution in [3.05, 3.63) is 46.1 Å². The Bertz CT molecular complexity index is 738. The minimum absolute atomic E-state index is 0.101. The Hall–Kier alpha value is -1.41. The molecule has 0 aliphatic heterocycles. The Kier molecular flexibility index (Phi) is 5.00. The second-order valence-corrected chi connectivity index (χ2v) is 6.59. The minimum atomic E-state index is -3.90. The molecule has 9 heteroatoms. The first kappa shape index (κ1) is 16.0. The lowest BCUT2D eigenvalue weighted by molar-refractivity contribution is 0.600. The van der Waals surface area contributed by atoms with Crippen molar-refractivity contribution in [2.45, 2.75) is 11.4 Å². The second kappa shape index (κ2) is 6.57. The fraction of sp³-hybridized carbons (Fsp3) is 0.167. The van der Waals surface area contributed by atoms with Crippen molar-refractivity contribution >= 4 is 39.0 Å². The van der Waals surface area contributed by atoms with Crippen LogP contribution in [0.3, 0.4) is 0 Å². The molecule has 0 aliphatic carbocycles. The third-order valence-electron chi connectivity index (χ3n) is 2.55. The number of benzene rings is 1. The van der Waals surface area contributed by atoms with Crippen LogP contribution in [0, 0.1) is 0 Å². The van der Waals surface area contributed by atoms with Crippen LogP contribution in [0.1, 0.15) is 5.56 Å². The summed E-state index contributed by atoms with van der Waals surface area (Å²) in [4.78, 5) is -0.104. The van der Waals surface area contributed by atoms with E-state index in [-0.39, 0.29) is 20.8 Å². The van der Waals surface area contributed by atoms with Crippen molar-refractivity contribution in [2.24, 2.45) is 0 Å². The second-order valence-electron chi connectivity index (χ2n) is 4.12.